The van der Waals surface area contributed by atoms with Gasteiger partial charge in [-0.1, -0.05) is 111 Å². The number of esters is 2. The predicted octanol–water partition coefficient (Wildman–Crippen LogP) is 7.96. The first-order chi connectivity index (χ1) is 17.1. The predicted molar refractivity (Wildman–Crippen MR) is 147 cm³/mol. The van der Waals surface area contributed by atoms with Crippen molar-refractivity contribution in [2.75, 3.05) is 13.2 Å². The molecule has 0 unspecified atom stereocenters. The minimum Gasteiger partial charge on any atom is -0.507 e. The fraction of sp³-hybridized carbons (Fsp3) is 0.742. The van der Waals surface area contributed by atoms with E-state index in [1.807, 2.05) is 39.8 Å². The fourth-order valence-electron chi connectivity index (χ4n) is 4.35. The Morgan fingerprint density at radius 2 is 1.22 bits per heavy atom. The Hall–Kier alpha value is -2.04. The van der Waals surface area contributed by atoms with Crippen LogP contribution in [0.4, 0.5) is 0 Å². The number of phenols is 1. The number of hydrogen-bond donors (Lipinski definition) is 1. The first kappa shape index (κ1) is 32.0. The monoisotopic (exact) mass is 504 g/mol. The molecule has 0 saturated heterocycles. The largest absolute Gasteiger partial charge is 0.507 e. The summed E-state index contributed by atoms with van der Waals surface area (Å²) in [6.45, 7) is 13.0. The molecule has 0 heterocycles. The van der Waals surface area contributed by atoms with Gasteiger partial charge in [-0.15, -0.1) is 0 Å². The normalized spacial score (nSPS) is 11.6. The molecule has 5 nitrogen and oxygen atoms in total. The molecule has 206 valence electrons. The maximum Gasteiger partial charge on any atom is 0.320 e. The zero-order valence-corrected chi connectivity index (χ0v) is 23.9. The number of ether oxygens (including phenoxy) is 2. The van der Waals surface area contributed by atoms with Crippen LogP contribution in [0.2, 0.25) is 0 Å². The Kier molecular flexibility index (Phi) is 15.5. The van der Waals surface area contributed by atoms with Crippen molar-refractivity contribution >= 4 is 11.9 Å². The van der Waals surface area contributed by atoms with Gasteiger partial charge in [0.05, 0.1) is 13.2 Å². The van der Waals surface area contributed by atoms with Crippen molar-refractivity contribution in [2.24, 2.45) is 5.92 Å². The molecule has 0 aliphatic heterocycles. The molecule has 0 saturated carbocycles. The highest BCUT2D eigenvalue weighted by molar-refractivity contribution is 5.95. The third-order valence-corrected chi connectivity index (χ3v) is 6.66. The molecule has 0 fully saturated rings. The van der Waals surface area contributed by atoms with Gasteiger partial charge < -0.3 is 14.6 Å². The Labute approximate surface area is 220 Å². The van der Waals surface area contributed by atoms with Gasteiger partial charge >= 0.3 is 11.9 Å². The van der Waals surface area contributed by atoms with Gasteiger partial charge in [0.15, 0.2) is 5.92 Å². The highest BCUT2D eigenvalue weighted by Gasteiger charge is 2.31. The van der Waals surface area contributed by atoms with E-state index in [0.717, 1.165) is 55.2 Å². The molecular formula is C31H52O5. The maximum atomic E-state index is 13.0. The summed E-state index contributed by atoms with van der Waals surface area (Å²) < 4.78 is 11.1. The number of aryl methyl sites for hydroxylation is 1. The summed E-state index contributed by atoms with van der Waals surface area (Å²) >= 11 is 0. The van der Waals surface area contributed by atoms with Crippen molar-refractivity contribution < 1.29 is 24.2 Å². The number of rotatable bonds is 18. The van der Waals surface area contributed by atoms with Crippen LogP contribution >= 0.6 is 0 Å². The minimum absolute atomic E-state index is 0.203. The van der Waals surface area contributed by atoms with E-state index in [0.29, 0.717) is 13.2 Å². The van der Waals surface area contributed by atoms with E-state index in [1.165, 1.54) is 38.5 Å². The lowest BCUT2D eigenvalue weighted by Crippen LogP contribution is -2.30. The summed E-state index contributed by atoms with van der Waals surface area (Å²) in [5, 5.41) is 10.6. The summed E-state index contributed by atoms with van der Waals surface area (Å²) in [6, 6.07) is 3.75. The molecule has 1 aromatic rings. The van der Waals surface area contributed by atoms with Crippen molar-refractivity contribution in [3.8, 4) is 5.75 Å². The Balaban J connectivity index is 2.83. The van der Waals surface area contributed by atoms with Gasteiger partial charge in [-0.25, -0.2) is 0 Å². The standard InChI is InChI=1S/C31H52O5/c1-7-9-11-13-15-17-19-35-29(33)26(30(34)36-20-18-16-14-12-10-8-2)22-25-21-24(3)28(32)27(23-25)31(4,5)6/h21,23,26,32H,7-20,22H2,1-6H3. The average Bonchev–Trinajstić information content (AvgIpc) is 2.82. The average molecular weight is 505 g/mol. The topological polar surface area (TPSA) is 72.8 Å². The zero-order valence-electron chi connectivity index (χ0n) is 23.9. The first-order valence-corrected chi connectivity index (χ1v) is 14.3. The van der Waals surface area contributed by atoms with Crippen molar-refractivity contribution in [3.05, 3.63) is 28.8 Å². The fourth-order valence-corrected chi connectivity index (χ4v) is 4.35. The molecule has 5 heteroatoms. The number of unbranched alkanes of at least 4 members (excludes halogenated alkanes) is 10. The van der Waals surface area contributed by atoms with Gasteiger partial charge in [0.2, 0.25) is 0 Å². The highest BCUT2D eigenvalue weighted by Crippen LogP contribution is 2.34. The molecule has 0 aliphatic carbocycles. The quantitative estimate of drug-likeness (QED) is 0.125. The van der Waals surface area contributed by atoms with Crippen LogP contribution in [-0.2, 0) is 30.9 Å². The Morgan fingerprint density at radius 1 is 0.778 bits per heavy atom. The summed E-state index contributed by atoms with van der Waals surface area (Å²) in [4.78, 5) is 26.0. The minimum atomic E-state index is -0.998. The van der Waals surface area contributed by atoms with Crippen LogP contribution in [0.15, 0.2) is 12.1 Å². The van der Waals surface area contributed by atoms with Gasteiger partial charge in [-0.2, -0.15) is 0 Å². The van der Waals surface area contributed by atoms with E-state index in [4.69, 9.17) is 9.47 Å². The molecule has 0 bridgehead atoms. The van der Waals surface area contributed by atoms with Crippen LogP contribution in [0.25, 0.3) is 0 Å². The van der Waals surface area contributed by atoms with E-state index in [-0.39, 0.29) is 17.6 Å². The molecule has 0 amide bonds. The SMILES string of the molecule is CCCCCCCCOC(=O)C(Cc1cc(C)c(O)c(C(C)(C)C)c1)C(=O)OCCCCCCCC. The van der Waals surface area contributed by atoms with Crippen molar-refractivity contribution in [1.29, 1.82) is 0 Å². The molecule has 0 spiro atoms. The van der Waals surface area contributed by atoms with Crippen LogP contribution in [0.3, 0.4) is 0 Å². The maximum absolute atomic E-state index is 13.0. The summed E-state index contributed by atoms with van der Waals surface area (Å²) in [7, 11) is 0. The van der Waals surface area contributed by atoms with E-state index in [9.17, 15) is 14.7 Å². The van der Waals surface area contributed by atoms with Gasteiger partial charge in [0.1, 0.15) is 5.75 Å². The number of carbonyl (C=O) groups excluding carboxylic acids is 2. The number of phenolic OH excluding ortho intramolecular Hbond substituents is 1. The zero-order chi connectivity index (χ0) is 27.0. The van der Waals surface area contributed by atoms with Crippen molar-refractivity contribution in [3.63, 3.8) is 0 Å². The molecular weight excluding hydrogens is 452 g/mol. The van der Waals surface area contributed by atoms with Gasteiger partial charge in [-0.05, 0) is 48.3 Å². The highest BCUT2D eigenvalue weighted by atomic mass is 16.6. The second-order valence-electron chi connectivity index (χ2n) is 11.2. The van der Waals surface area contributed by atoms with Crippen molar-refractivity contribution in [1.82, 2.24) is 0 Å². The summed E-state index contributed by atoms with van der Waals surface area (Å²) in [5.74, 6) is -1.76. The summed E-state index contributed by atoms with van der Waals surface area (Å²) in [6.07, 6.45) is 13.4. The molecule has 0 atom stereocenters. The van der Waals surface area contributed by atoms with Gasteiger partial charge in [0.25, 0.3) is 0 Å². The molecule has 1 N–H and O–H groups in total. The molecule has 36 heavy (non-hydrogen) atoms. The van der Waals surface area contributed by atoms with Gasteiger partial charge in [-0.3, -0.25) is 9.59 Å². The van der Waals surface area contributed by atoms with E-state index < -0.39 is 17.9 Å². The van der Waals surface area contributed by atoms with Gasteiger partial charge in [0, 0.05) is 0 Å². The lowest BCUT2D eigenvalue weighted by Gasteiger charge is -2.23. The van der Waals surface area contributed by atoms with Crippen LogP contribution in [-0.4, -0.2) is 30.3 Å². The molecule has 0 radical (unpaired) electrons. The van der Waals surface area contributed by atoms with E-state index >= 15 is 0 Å². The third kappa shape index (κ3) is 12.3. The van der Waals surface area contributed by atoms with Crippen molar-refractivity contribution in [2.45, 2.75) is 130 Å². The smallest absolute Gasteiger partial charge is 0.320 e. The molecule has 1 aromatic carbocycles. The molecule has 1 rings (SSSR count). The molecule has 0 aliphatic rings. The van der Waals surface area contributed by atoms with Crippen LogP contribution in [0.5, 0.6) is 5.75 Å². The van der Waals surface area contributed by atoms with E-state index in [2.05, 4.69) is 13.8 Å². The van der Waals surface area contributed by atoms with Crippen LogP contribution in [0, 0.1) is 12.8 Å². The lowest BCUT2D eigenvalue weighted by molar-refractivity contribution is -0.162. The van der Waals surface area contributed by atoms with Crippen LogP contribution in [0.1, 0.15) is 128 Å². The number of aromatic hydroxyl groups is 1. The second kappa shape index (κ2) is 17.4. The number of carbonyl (C=O) groups is 2. The van der Waals surface area contributed by atoms with Crippen LogP contribution < -0.4 is 0 Å². The Bertz CT molecular complexity index is 748. The molecule has 0 aromatic heterocycles. The number of benzene rings is 1. The lowest BCUT2D eigenvalue weighted by atomic mass is 9.83. The third-order valence-electron chi connectivity index (χ3n) is 6.66. The second-order valence-corrected chi connectivity index (χ2v) is 11.2. The van der Waals surface area contributed by atoms with E-state index in [1.54, 1.807) is 0 Å². The first-order valence-electron chi connectivity index (χ1n) is 14.3. The Morgan fingerprint density at radius 3 is 1.67 bits per heavy atom. The number of hydrogen-bond acceptors (Lipinski definition) is 5. The summed E-state index contributed by atoms with van der Waals surface area (Å²) in [5.41, 5.74) is 2.10.